The van der Waals surface area contributed by atoms with Gasteiger partial charge in [0.25, 0.3) is 0 Å². The van der Waals surface area contributed by atoms with Gasteiger partial charge in [0.05, 0.1) is 0 Å². The number of carbonyl (C=O) groups is 4. The van der Waals surface area contributed by atoms with Gasteiger partial charge in [-0.15, -0.1) is 0 Å². The predicted molar refractivity (Wildman–Crippen MR) is 159 cm³/mol. The summed E-state index contributed by atoms with van der Waals surface area (Å²) in [7, 11) is 0. The first kappa shape index (κ1) is 34.9. The molecule has 9 heteroatoms. The van der Waals surface area contributed by atoms with Crippen LogP contribution in [0.15, 0.2) is 18.2 Å². The van der Waals surface area contributed by atoms with Crippen molar-refractivity contribution < 1.29 is 23.9 Å². The number of carbonyl (C=O) groups excluding carboxylic acids is 4. The first-order chi connectivity index (χ1) is 18.8. The van der Waals surface area contributed by atoms with Crippen molar-refractivity contribution in [3.8, 4) is 0 Å². The lowest BCUT2D eigenvalue weighted by Gasteiger charge is -2.35. The molecule has 0 saturated heterocycles. The molecule has 9 nitrogen and oxygen atoms in total. The number of nitrogens with one attached hydrogen (secondary N) is 2. The minimum Gasteiger partial charge on any atom is -0.444 e. The molecular formula is C31H52N4O5. The minimum absolute atomic E-state index is 0.00326. The van der Waals surface area contributed by atoms with E-state index in [0.29, 0.717) is 19.5 Å². The number of unbranched alkanes of at least 4 members (excludes halogenated alkanes) is 5. The number of hydrogen-bond donors (Lipinski definition) is 3. The van der Waals surface area contributed by atoms with Gasteiger partial charge < -0.3 is 26.0 Å². The number of aryl methyl sites for hydroxylation is 2. The number of nitrogens with zero attached hydrogens (tertiary/aromatic N) is 1. The third-order valence-corrected chi connectivity index (χ3v) is 6.57. The average Bonchev–Trinajstić information content (AvgIpc) is 2.86. The van der Waals surface area contributed by atoms with E-state index in [1.807, 2.05) is 39.0 Å². The fourth-order valence-corrected chi connectivity index (χ4v) is 4.44. The van der Waals surface area contributed by atoms with Crippen molar-refractivity contribution in [2.75, 3.05) is 13.1 Å². The number of rotatable bonds is 17. The first-order valence-corrected chi connectivity index (χ1v) is 14.7. The maximum atomic E-state index is 14.2. The lowest BCUT2D eigenvalue weighted by atomic mass is 9.95. The van der Waals surface area contributed by atoms with Crippen molar-refractivity contribution in [2.24, 2.45) is 5.73 Å². The highest BCUT2D eigenvalue weighted by atomic mass is 16.6. The number of amides is 4. The highest BCUT2D eigenvalue weighted by Gasteiger charge is 2.36. The molecule has 0 heterocycles. The van der Waals surface area contributed by atoms with Crippen LogP contribution in [-0.2, 0) is 19.1 Å². The normalized spacial score (nSPS) is 12.8. The second-order valence-electron chi connectivity index (χ2n) is 11.6. The van der Waals surface area contributed by atoms with Gasteiger partial charge in [-0.1, -0.05) is 69.7 Å². The summed E-state index contributed by atoms with van der Waals surface area (Å²) in [6.07, 6.45) is 5.66. The Hall–Kier alpha value is -3.10. The zero-order valence-corrected chi connectivity index (χ0v) is 25.7. The van der Waals surface area contributed by atoms with Crippen molar-refractivity contribution in [3.05, 3.63) is 34.9 Å². The molecule has 1 rings (SSSR count). The molecule has 0 bridgehead atoms. The summed E-state index contributed by atoms with van der Waals surface area (Å²) in [6.45, 7) is 14.1. The molecule has 4 N–H and O–H groups in total. The van der Waals surface area contributed by atoms with E-state index in [0.717, 1.165) is 55.2 Å². The molecular weight excluding hydrogens is 508 g/mol. The Labute approximate surface area is 241 Å². The second-order valence-corrected chi connectivity index (χ2v) is 11.6. The molecule has 226 valence electrons. The number of alkyl carbamates (subject to hydrolysis) is 1. The van der Waals surface area contributed by atoms with Gasteiger partial charge in [-0.25, -0.2) is 4.79 Å². The van der Waals surface area contributed by atoms with Crippen LogP contribution < -0.4 is 16.4 Å². The highest BCUT2D eigenvalue weighted by molar-refractivity contribution is 5.92. The minimum atomic E-state index is -1.09. The van der Waals surface area contributed by atoms with E-state index < -0.39 is 35.6 Å². The SMILES string of the molecule is CCCCCCCN(C(=O)C(CCC(N)=O)NC(=O)OC(C)(C)C)C(C(=O)NCCCC)c1cc(C)ccc1C. The van der Waals surface area contributed by atoms with Crippen LogP contribution in [0.1, 0.15) is 115 Å². The molecule has 0 aliphatic rings. The summed E-state index contributed by atoms with van der Waals surface area (Å²) in [6, 6.07) is 3.88. The molecule has 0 aliphatic heterocycles. The summed E-state index contributed by atoms with van der Waals surface area (Å²) in [5.74, 6) is -1.30. The molecule has 2 unspecified atom stereocenters. The Kier molecular flexibility index (Phi) is 15.3. The van der Waals surface area contributed by atoms with Crippen LogP contribution in [0.25, 0.3) is 0 Å². The Morgan fingerprint density at radius 1 is 0.975 bits per heavy atom. The van der Waals surface area contributed by atoms with Crippen LogP contribution >= 0.6 is 0 Å². The van der Waals surface area contributed by atoms with E-state index in [1.54, 1.807) is 25.7 Å². The van der Waals surface area contributed by atoms with Crippen molar-refractivity contribution in [2.45, 2.75) is 124 Å². The maximum Gasteiger partial charge on any atom is 0.408 e. The average molecular weight is 561 g/mol. The van der Waals surface area contributed by atoms with Gasteiger partial charge in [-0.2, -0.15) is 0 Å². The van der Waals surface area contributed by atoms with Gasteiger partial charge in [0, 0.05) is 19.5 Å². The Morgan fingerprint density at radius 3 is 2.23 bits per heavy atom. The van der Waals surface area contributed by atoms with Crippen molar-refractivity contribution in [1.29, 1.82) is 0 Å². The maximum absolute atomic E-state index is 14.2. The van der Waals surface area contributed by atoms with Gasteiger partial charge in [0.1, 0.15) is 17.7 Å². The van der Waals surface area contributed by atoms with Gasteiger partial charge in [0.2, 0.25) is 17.7 Å². The van der Waals surface area contributed by atoms with Crippen molar-refractivity contribution >= 4 is 23.8 Å². The van der Waals surface area contributed by atoms with Crippen molar-refractivity contribution in [3.63, 3.8) is 0 Å². The van der Waals surface area contributed by atoms with Gasteiger partial charge >= 0.3 is 6.09 Å². The number of nitrogens with two attached hydrogens (primary N) is 1. The first-order valence-electron chi connectivity index (χ1n) is 14.7. The quantitative estimate of drug-likeness (QED) is 0.225. The van der Waals surface area contributed by atoms with Crippen LogP contribution in [0.4, 0.5) is 4.79 Å². The molecule has 1 aromatic carbocycles. The number of primary amides is 1. The zero-order valence-electron chi connectivity index (χ0n) is 25.7. The smallest absolute Gasteiger partial charge is 0.408 e. The van der Waals surface area contributed by atoms with Crippen LogP contribution in [0.3, 0.4) is 0 Å². The van der Waals surface area contributed by atoms with Gasteiger partial charge in [-0.05, 0) is 65.0 Å². The van der Waals surface area contributed by atoms with E-state index in [2.05, 4.69) is 17.6 Å². The second kappa shape index (κ2) is 17.6. The van der Waals surface area contributed by atoms with Gasteiger partial charge in [-0.3, -0.25) is 14.4 Å². The Morgan fingerprint density at radius 2 is 1.62 bits per heavy atom. The molecule has 0 aliphatic carbocycles. The standard InChI is InChI=1S/C31H52N4O5/c1-8-10-12-13-14-20-35(29(38)25(17-18-26(32)36)34-30(39)40-31(5,6)7)27(28(37)33-19-11-9-2)24-21-22(3)15-16-23(24)4/h15-16,21,25,27H,8-14,17-20H2,1-7H3,(H2,32,36)(H,33,37)(H,34,39). The predicted octanol–water partition coefficient (Wildman–Crippen LogP) is 5.22. The highest BCUT2D eigenvalue weighted by Crippen LogP contribution is 2.28. The topological polar surface area (TPSA) is 131 Å². The number of benzene rings is 1. The van der Waals surface area contributed by atoms with Crippen LogP contribution in [0.5, 0.6) is 0 Å². The largest absolute Gasteiger partial charge is 0.444 e. The summed E-state index contributed by atoms with van der Waals surface area (Å²) in [5.41, 5.74) is 7.23. The Bertz CT molecular complexity index is 973. The summed E-state index contributed by atoms with van der Waals surface area (Å²) >= 11 is 0. The van der Waals surface area contributed by atoms with E-state index in [4.69, 9.17) is 10.5 Å². The fraction of sp³-hybridized carbons (Fsp3) is 0.677. The molecule has 0 fully saturated rings. The molecule has 0 radical (unpaired) electrons. The summed E-state index contributed by atoms with van der Waals surface area (Å²) in [5, 5.41) is 5.67. The monoisotopic (exact) mass is 560 g/mol. The number of ether oxygens (including phenoxy) is 1. The number of hydrogen-bond acceptors (Lipinski definition) is 5. The van der Waals surface area contributed by atoms with E-state index in [9.17, 15) is 19.2 Å². The molecule has 0 spiro atoms. The lowest BCUT2D eigenvalue weighted by Crippen LogP contribution is -2.53. The van der Waals surface area contributed by atoms with Crippen LogP contribution in [0, 0.1) is 13.8 Å². The Balaban J connectivity index is 3.54. The van der Waals surface area contributed by atoms with E-state index in [1.165, 1.54) is 0 Å². The lowest BCUT2D eigenvalue weighted by molar-refractivity contribution is -0.142. The van der Waals surface area contributed by atoms with E-state index in [-0.39, 0.29) is 18.7 Å². The molecule has 0 aromatic heterocycles. The molecule has 4 amide bonds. The molecule has 1 aromatic rings. The third-order valence-electron chi connectivity index (χ3n) is 6.57. The molecule has 40 heavy (non-hydrogen) atoms. The summed E-state index contributed by atoms with van der Waals surface area (Å²) in [4.78, 5) is 54.0. The third kappa shape index (κ3) is 12.8. The van der Waals surface area contributed by atoms with Crippen molar-refractivity contribution in [1.82, 2.24) is 15.5 Å². The fourth-order valence-electron chi connectivity index (χ4n) is 4.44. The summed E-state index contributed by atoms with van der Waals surface area (Å²) < 4.78 is 5.41. The molecule has 2 atom stereocenters. The van der Waals surface area contributed by atoms with Crippen LogP contribution in [-0.4, -0.2) is 53.4 Å². The van der Waals surface area contributed by atoms with Crippen LogP contribution in [0.2, 0.25) is 0 Å². The molecule has 0 saturated carbocycles. The van der Waals surface area contributed by atoms with Gasteiger partial charge in [0.15, 0.2) is 0 Å². The van der Waals surface area contributed by atoms with E-state index >= 15 is 0 Å². The zero-order chi connectivity index (χ0) is 30.3.